The number of benzene rings is 2. The van der Waals surface area contributed by atoms with Crippen LogP contribution in [0.1, 0.15) is 57.1 Å². The van der Waals surface area contributed by atoms with Crippen molar-refractivity contribution in [1.82, 2.24) is 31.1 Å². The van der Waals surface area contributed by atoms with Gasteiger partial charge in [0.15, 0.2) is 5.96 Å². The van der Waals surface area contributed by atoms with Crippen molar-refractivity contribution in [2.24, 2.45) is 17.4 Å². The number of nitrogens with one attached hydrogen (secondary N) is 5. The van der Waals surface area contributed by atoms with Crippen LogP contribution in [-0.4, -0.2) is 103 Å². The molecule has 0 saturated carbocycles. The van der Waals surface area contributed by atoms with Gasteiger partial charge in [-0.05, 0) is 69.2 Å². The fraction of sp³-hybridized carbons (Fsp3) is 0.541. The predicted molar refractivity (Wildman–Crippen MR) is 196 cm³/mol. The third-order valence-corrected chi connectivity index (χ3v) is 8.82. The third kappa shape index (κ3) is 13.4. The van der Waals surface area contributed by atoms with Gasteiger partial charge >= 0.3 is 0 Å². The monoisotopic (exact) mass is 691 g/mol. The van der Waals surface area contributed by atoms with E-state index in [0.29, 0.717) is 58.3 Å². The normalized spacial score (nSPS) is 15.7. The smallest absolute Gasteiger partial charge is 0.245 e. The second-order valence-electron chi connectivity index (χ2n) is 13.4. The van der Waals surface area contributed by atoms with Crippen molar-refractivity contribution in [2.45, 2.75) is 83.0 Å². The van der Waals surface area contributed by atoms with E-state index in [1.807, 2.05) is 81.6 Å². The fourth-order valence-corrected chi connectivity index (χ4v) is 6.05. The lowest BCUT2D eigenvalue weighted by molar-refractivity contribution is -0.138. The van der Waals surface area contributed by atoms with Crippen LogP contribution in [0.2, 0.25) is 0 Å². The molecule has 1 aliphatic heterocycles. The van der Waals surface area contributed by atoms with Gasteiger partial charge in [0.2, 0.25) is 23.6 Å². The van der Waals surface area contributed by atoms with E-state index < -0.39 is 41.9 Å². The Morgan fingerprint density at radius 1 is 0.740 bits per heavy atom. The van der Waals surface area contributed by atoms with Crippen LogP contribution in [0.25, 0.3) is 0 Å². The van der Waals surface area contributed by atoms with Crippen LogP contribution < -0.4 is 32.7 Å². The summed E-state index contributed by atoms with van der Waals surface area (Å²) in [6.07, 6.45) is 3.46. The van der Waals surface area contributed by atoms with Crippen LogP contribution in [0.4, 0.5) is 0 Å². The molecule has 13 heteroatoms. The van der Waals surface area contributed by atoms with Gasteiger partial charge < -0.3 is 42.5 Å². The lowest BCUT2D eigenvalue weighted by Crippen LogP contribution is -2.58. The highest BCUT2D eigenvalue weighted by atomic mass is 16.2. The molecule has 0 aromatic heterocycles. The molecule has 0 bridgehead atoms. The van der Waals surface area contributed by atoms with Gasteiger partial charge in [0.1, 0.15) is 18.1 Å². The van der Waals surface area contributed by atoms with Gasteiger partial charge in [-0.3, -0.25) is 24.6 Å². The zero-order valence-electron chi connectivity index (χ0n) is 29.8. The summed E-state index contributed by atoms with van der Waals surface area (Å²) in [5.74, 6) is -1.61. The minimum absolute atomic E-state index is 0.0246. The molecule has 1 heterocycles. The Labute approximate surface area is 296 Å². The summed E-state index contributed by atoms with van der Waals surface area (Å²) in [5.41, 5.74) is 13.7. The Kier molecular flexibility index (Phi) is 16.7. The van der Waals surface area contributed by atoms with E-state index in [-0.39, 0.29) is 24.2 Å². The lowest BCUT2D eigenvalue weighted by atomic mass is 9.99. The molecule has 0 unspecified atom stereocenters. The molecule has 2 aromatic rings. The highest BCUT2D eigenvalue weighted by Gasteiger charge is 2.33. The quantitative estimate of drug-likeness (QED) is 0.0685. The molecule has 0 spiro atoms. The number of hydrogen-bond acceptors (Lipinski definition) is 7. The molecule has 274 valence electrons. The summed E-state index contributed by atoms with van der Waals surface area (Å²) in [6, 6.07) is 15.2. The first kappa shape index (κ1) is 39.9. The van der Waals surface area contributed by atoms with Crippen molar-refractivity contribution in [3.8, 4) is 0 Å². The maximum absolute atomic E-state index is 14.0. The van der Waals surface area contributed by atoms with Crippen LogP contribution in [0.5, 0.6) is 0 Å². The Bertz CT molecular complexity index is 1380. The van der Waals surface area contributed by atoms with Gasteiger partial charge in [-0.2, -0.15) is 0 Å². The second kappa shape index (κ2) is 20.9. The van der Waals surface area contributed by atoms with E-state index in [1.54, 1.807) is 9.80 Å². The Morgan fingerprint density at radius 3 is 1.88 bits per heavy atom. The molecule has 13 nitrogen and oxygen atoms in total. The zero-order valence-corrected chi connectivity index (χ0v) is 29.8. The van der Waals surface area contributed by atoms with E-state index >= 15 is 0 Å². The highest BCUT2D eigenvalue weighted by Crippen LogP contribution is 2.13. The summed E-state index contributed by atoms with van der Waals surface area (Å²) in [4.78, 5) is 58.5. The first-order valence-corrected chi connectivity index (χ1v) is 17.7. The van der Waals surface area contributed by atoms with Gasteiger partial charge in [0.05, 0.1) is 6.04 Å². The number of carbonyl (C=O) groups is 4. The molecule has 1 fully saturated rings. The van der Waals surface area contributed by atoms with Crippen molar-refractivity contribution in [1.29, 1.82) is 5.41 Å². The molecule has 50 heavy (non-hydrogen) atoms. The Hall–Kier alpha value is -4.49. The number of nitrogens with zero attached hydrogens (tertiary/aromatic N) is 2. The molecule has 1 saturated heterocycles. The molecule has 4 atom stereocenters. The predicted octanol–water partition coefficient (Wildman–Crippen LogP) is 1.12. The highest BCUT2D eigenvalue weighted by molar-refractivity contribution is 5.95. The Morgan fingerprint density at radius 2 is 1.28 bits per heavy atom. The summed E-state index contributed by atoms with van der Waals surface area (Å²) in [7, 11) is 1.87. The van der Waals surface area contributed by atoms with E-state index in [4.69, 9.17) is 16.9 Å². The van der Waals surface area contributed by atoms with Crippen molar-refractivity contribution in [2.75, 3.05) is 39.8 Å². The van der Waals surface area contributed by atoms with E-state index in [1.165, 1.54) is 0 Å². The molecule has 2 aromatic carbocycles. The number of rotatable bonds is 18. The van der Waals surface area contributed by atoms with Gasteiger partial charge in [0, 0.05) is 32.6 Å². The number of nitrogens with two attached hydrogens (primary N) is 2. The molecule has 4 amide bonds. The van der Waals surface area contributed by atoms with E-state index in [2.05, 4.69) is 21.3 Å². The number of amides is 4. The van der Waals surface area contributed by atoms with E-state index in [0.717, 1.165) is 24.1 Å². The van der Waals surface area contributed by atoms with Gasteiger partial charge in [-0.1, -0.05) is 74.5 Å². The average molecular weight is 692 g/mol. The van der Waals surface area contributed by atoms with Crippen molar-refractivity contribution in [3.63, 3.8) is 0 Å². The fourth-order valence-electron chi connectivity index (χ4n) is 6.05. The standard InChI is InChI=1S/C37H57N9O4/c1-26(2)23-31(34(48)42-30(17-10-11-18-41-3)36(50)45-19-12-20-46(22-21-45)37(39)40)44-35(49)32(25-28-15-8-5-9-16-28)43-33(47)29(38)24-27-13-6-4-7-14-27/h4-9,13-16,26,29-32,41H,10-12,17-25,38H2,1-3H3,(H3,39,40)(H,42,48)(H,43,47)(H,44,49)/t29-,30-,31-,32-/m1/s1. The third-order valence-electron chi connectivity index (χ3n) is 8.82. The summed E-state index contributed by atoms with van der Waals surface area (Å²) < 4.78 is 0. The Balaban J connectivity index is 1.78. The van der Waals surface area contributed by atoms with Crippen LogP contribution in [0.15, 0.2) is 60.7 Å². The van der Waals surface area contributed by atoms with Gasteiger partial charge in [-0.25, -0.2) is 0 Å². The summed E-state index contributed by atoms with van der Waals surface area (Å²) in [6.45, 7) is 6.59. The maximum atomic E-state index is 14.0. The lowest BCUT2D eigenvalue weighted by Gasteiger charge is -2.29. The summed E-state index contributed by atoms with van der Waals surface area (Å²) >= 11 is 0. The number of unbranched alkanes of at least 4 members (excludes halogenated alkanes) is 1. The number of carbonyl (C=O) groups excluding carboxylic acids is 4. The van der Waals surface area contributed by atoms with Gasteiger partial charge in [0.25, 0.3) is 0 Å². The molecule has 0 aliphatic carbocycles. The zero-order chi connectivity index (χ0) is 36.5. The van der Waals surface area contributed by atoms with Crippen molar-refractivity contribution in [3.05, 3.63) is 71.8 Å². The number of guanidine groups is 1. The summed E-state index contributed by atoms with van der Waals surface area (Å²) in [5, 5.41) is 19.6. The van der Waals surface area contributed by atoms with Crippen molar-refractivity contribution >= 4 is 29.6 Å². The van der Waals surface area contributed by atoms with E-state index in [9.17, 15) is 19.2 Å². The maximum Gasteiger partial charge on any atom is 0.245 e. The SMILES string of the molecule is CNCCCC[C@@H](NC(=O)[C@@H](CC(C)C)NC(=O)[C@@H](Cc1ccccc1)NC(=O)[C@H](N)Cc1ccccc1)C(=O)N1CCCN(C(=N)N)CC1. The second-order valence-corrected chi connectivity index (χ2v) is 13.4. The van der Waals surface area contributed by atoms with Crippen LogP contribution in [-0.2, 0) is 32.0 Å². The molecule has 1 aliphatic rings. The largest absolute Gasteiger partial charge is 0.370 e. The first-order valence-electron chi connectivity index (χ1n) is 17.7. The molecule has 0 radical (unpaired) electrons. The number of hydrogen-bond donors (Lipinski definition) is 7. The van der Waals surface area contributed by atoms with Crippen LogP contribution in [0.3, 0.4) is 0 Å². The minimum Gasteiger partial charge on any atom is -0.370 e. The first-order chi connectivity index (χ1) is 24.0. The molecular weight excluding hydrogens is 634 g/mol. The van der Waals surface area contributed by atoms with Gasteiger partial charge in [-0.15, -0.1) is 0 Å². The van der Waals surface area contributed by atoms with Crippen LogP contribution >= 0.6 is 0 Å². The topological polar surface area (TPSA) is 199 Å². The van der Waals surface area contributed by atoms with Crippen LogP contribution in [0, 0.1) is 11.3 Å². The minimum atomic E-state index is -0.991. The average Bonchev–Trinajstić information content (AvgIpc) is 3.36. The molecular formula is C37H57N9O4. The molecule has 9 N–H and O–H groups in total. The molecule has 3 rings (SSSR count). The van der Waals surface area contributed by atoms with Crippen molar-refractivity contribution < 1.29 is 19.2 Å².